The molecule has 1 saturated heterocycles. The Morgan fingerprint density at radius 2 is 1.86 bits per heavy atom. The maximum atomic E-state index is 14.5. The van der Waals surface area contributed by atoms with Crippen molar-refractivity contribution >= 4 is 17.2 Å². The molecule has 1 aliphatic rings. The Kier molecular flexibility index (Phi) is 8.93. The van der Waals surface area contributed by atoms with E-state index in [4.69, 9.17) is 9.47 Å². The number of hydrogen-bond acceptors (Lipinski definition) is 6. The van der Waals surface area contributed by atoms with Crippen molar-refractivity contribution < 1.29 is 18.7 Å². The van der Waals surface area contributed by atoms with Crippen molar-refractivity contribution in [3.05, 3.63) is 75.5 Å². The maximum Gasteiger partial charge on any atom is 0.273 e. The number of thiazole rings is 1. The number of rotatable bonds is 10. The monoisotopic (exact) mass is 511 g/mol. The number of hydrogen-bond donors (Lipinski definition) is 0. The fraction of sp³-hybridized carbons (Fsp3) is 0.429. The van der Waals surface area contributed by atoms with Gasteiger partial charge in [-0.25, -0.2) is 9.37 Å². The molecule has 2 aromatic carbocycles. The van der Waals surface area contributed by atoms with Gasteiger partial charge in [-0.15, -0.1) is 11.3 Å². The summed E-state index contributed by atoms with van der Waals surface area (Å²) in [6.07, 6.45) is 2.82. The van der Waals surface area contributed by atoms with Crippen molar-refractivity contribution in [3.63, 3.8) is 0 Å². The molecule has 192 valence electrons. The quantitative estimate of drug-likeness (QED) is 0.364. The fourth-order valence-electron chi connectivity index (χ4n) is 4.45. The molecule has 8 heteroatoms. The highest BCUT2D eigenvalue weighted by Gasteiger charge is 2.23. The van der Waals surface area contributed by atoms with Crippen LogP contribution in [0.5, 0.6) is 11.5 Å². The van der Waals surface area contributed by atoms with Crippen LogP contribution in [0, 0.1) is 11.7 Å². The van der Waals surface area contributed by atoms with Gasteiger partial charge in [-0.1, -0.05) is 31.2 Å². The molecular formula is C28H34FN3O3S. The summed E-state index contributed by atoms with van der Waals surface area (Å²) in [4.78, 5) is 21.7. The summed E-state index contributed by atoms with van der Waals surface area (Å²) in [5.74, 6) is 1.83. The number of carbonyl (C=O) groups excluding carboxylic acids is 1. The van der Waals surface area contributed by atoms with Gasteiger partial charge in [0, 0.05) is 37.1 Å². The second-order valence-electron chi connectivity index (χ2n) is 9.34. The van der Waals surface area contributed by atoms with Crippen LogP contribution in [0.4, 0.5) is 4.39 Å². The fourth-order valence-corrected chi connectivity index (χ4v) is 5.26. The molecule has 6 nitrogen and oxygen atoms in total. The van der Waals surface area contributed by atoms with Gasteiger partial charge in [-0.3, -0.25) is 9.69 Å². The van der Waals surface area contributed by atoms with Gasteiger partial charge < -0.3 is 14.4 Å². The van der Waals surface area contributed by atoms with Gasteiger partial charge in [0.15, 0.2) is 11.5 Å². The maximum absolute atomic E-state index is 14.5. The molecular weight excluding hydrogens is 477 g/mol. The number of carbonyl (C=O) groups is 1. The molecule has 0 unspecified atom stereocenters. The standard InChI is InChI=1S/C28H34FN3O3S/c1-20-10-14-32(15-11-20)28(33)24-19-36-27(30-24)18-31(17-22-6-4-5-7-23(22)29)13-12-21-8-9-25(34-2)26(16-21)35-3/h4-9,16,19-20H,10-15,17-18H2,1-3H3. The van der Waals surface area contributed by atoms with Crippen molar-refractivity contribution in [3.8, 4) is 11.5 Å². The van der Waals surface area contributed by atoms with E-state index < -0.39 is 0 Å². The lowest BCUT2D eigenvalue weighted by molar-refractivity contribution is 0.0691. The first-order valence-corrected chi connectivity index (χ1v) is 13.2. The largest absolute Gasteiger partial charge is 0.493 e. The van der Waals surface area contributed by atoms with Crippen LogP contribution < -0.4 is 9.47 Å². The Morgan fingerprint density at radius 3 is 2.58 bits per heavy atom. The van der Waals surface area contributed by atoms with Gasteiger partial charge in [-0.2, -0.15) is 0 Å². The summed E-state index contributed by atoms with van der Waals surface area (Å²) in [5, 5.41) is 2.71. The van der Waals surface area contributed by atoms with Crippen molar-refractivity contribution in [2.75, 3.05) is 33.9 Å². The Balaban J connectivity index is 1.46. The average Bonchev–Trinajstić information content (AvgIpc) is 3.37. The highest BCUT2D eigenvalue weighted by molar-refractivity contribution is 7.09. The topological polar surface area (TPSA) is 54.9 Å². The zero-order chi connectivity index (χ0) is 25.5. The van der Waals surface area contributed by atoms with Crippen molar-refractivity contribution in [1.29, 1.82) is 0 Å². The molecule has 0 bridgehead atoms. The minimum Gasteiger partial charge on any atom is -0.493 e. The van der Waals surface area contributed by atoms with Gasteiger partial charge in [0.25, 0.3) is 5.91 Å². The SMILES string of the molecule is COc1ccc(CCN(Cc2nc(C(=O)N3CCC(C)CC3)cs2)Cc2ccccc2F)cc1OC. The van der Waals surface area contributed by atoms with Crippen LogP contribution in [-0.2, 0) is 19.5 Å². The van der Waals surface area contributed by atoms with Crippen LogP contribution in [0.15, 0.2) is 47.8 Å². The van der Waals surface area contributed by atoms with Gasteiger partial charge in [0.2, 0.25) is 0 Å². The van der Waals surface area contributed by atoms with Crippen molar-refractivity contribution in [1.82, 2.24) is 14.8 Å². The van der Waals surface area contributed by atoms with E-state index in [9.17, 15) is 9.18 Å². The third kappa shape index (κ3) is 6.62. The number of halogens is 1. The predicted molar refractivity (Wildman–Crippen MR) is 140 cm³/mol. The van der Waals surface area contributed by atoms with E-state index in [1.807, 2.05) is 40.6 Å². The molecule has 0 spiro atoms. The smallest absolute Gasteiger partial charge is 0.273 e. The summed E-state index contributed by atoms with van der Waals surface area (Å²) in [6, 6.07) is 12.7. The third-order valence-electron chi connectivity index (χ3n) is 6.72. The molecule has 0 aliphatic carbocycles. The van der Waals surface area contributed by atoms with Crippen LogP contribution in [0.25, 0.3) is 0 Å². The molecule has 0 N–H and O–H groups in total. The first kappa shape index (κ1) is 26.1. The van der Waals surface area contributed by atoms with Gasteiger partial charge in [-0.05, 0) is 48.9 Å². The second kappa shape index (κ2) is 12.3. The molecule has 0 atom stereocenters. The van der Waals surface area contributed by atoms with E-state index in [0.717, 1.165) is 42.9 Å². The first-order chi connectivity index (χ1) is 17.5. The molecule has 0 radical (unpaired) electrons. The molecule has 1 amide bonds. The molecule has 0 saturated carbocycles. The molecule has 2 heterocycles. The number of benzene rings is 2. The molecule has 1 aliphatic heterocycles. The average molecular weight is 512 g/mol. The molecule has 1 fully saturated rings. The Bertz CT molecular complexity index is 1160. The normalized spacial score (nSPS) is 14.3. The summed E-state index contributed by atoms with van der Waals surface area (Å²) >= 11 is 1.49. The number of likely N-dealkylation sites (tertiary alicyclic amines) is 1. The summed E-state index contributed by atoms with van der Waals surface area (Å²) in [7, 11) is 3.24. The molecule has 36 heavy (non-hydrogen) atoms. The number of aromatic nitrogens is 1. The van der Waals surface area contributed by atoms with Crippen LogP contribution in [0.2, 0.25) is 0 Å². The van der Waals surface area contributed by atoms with Crippen molar-refractivity contribution in [2.45, 2.75) is 39.3 Å². The van der Waals surface area contributed by atoms with Crippen molar-refractivity contribution in [2.24, 2.45) is 5.92 Å². The number of amides is 1. The number of piperidine rings is 1. The number of ether oxygens (including phenoxy) is 2. The second-order valence-corrected chi connectivity index (χ2v) is 10.3. The highest BCUT2D eigenvalue weighted by atomic mass is 32.1. The zero-order valence-corrected chi connectivity index (χ0v) is 22.0. The minimum atomic E-state index is -0.219. The zero-order valence-electron chi connectivity index (χ0n) is 21.2. The highest BCUT2D eigenvalue weighted by Crippen LogP contribution is 2.28. The summed E-state index contributed by atoms with van der Waals surface area (Å²) < 4.78 is 25.2. The van der Waals surface area contributed by atoms with E-state index in [1.54, 1.807) is 20.3 Å². The third-order valence-corrected chi connectivity index (χ3v) is 7.55. The summed E-state index contributed by atoms with van der Waals surface area (Å²) in [5.41, 5.74) is 2.25. The van der Waals surface area contributed by atoms with Crippen LogP contribution in [-0.4, -0.2) is 54.5 Å². The lowest BCUT2D eigenvalue weighted by Gasteiger charge is -2.29. The van der Waals surface area contributed by atoms with E-state index >= 15 is 0 Å². The Morgan fingerprint density at radius 1 is 1.11 bits per heavy atom. The van der Waals surface area contributed by atoms with E-state index in [-0.39, 0.29) is 11.7 Å². The molecule has 1 aromatic heterocycles. The number of nitrogens with zero attached hydrogens (tertiary/aromatic N) is 3. The minimum absolute atomic E-state index is 0.00961. The van der Waals surface area contributed by atoms with Crippen LogP contribution in [0.1, 0.15) is 46.4 Å². The van der Waals surface area contributed by atoms with Gasteiger partial charge in [0.1, 0.15) is 16.5 Å². The first-order valence-electron chi connectivity index (χ1n) is 12.4. The Labute approximate surface area is 216 Å². The van der Waals surface area contributed by atoms with E-state index in [0.29, 0.717) is 48.3 Å². The summed E-state index contributed by atoms with van der Waals surface area (Å²) in [6.45, 7) is 5.49. The van der Waals surface area contributed by atoms with Crippen LogP contribution in [0.3, 0.4) is 0 Å². The van der Waals surface area contributed by atoms with Gasteiger partial charge in [0.05, 0.1) is 20.8 Å². The number of methoxy groups -OCH3 is 2. The van der Waals surface area contributed by atoms with E-state index in [2.05, 4.69) is 16.8 Å². The lowest BCUT2D eigenvalue weighted by atomic mass is 9.99. The predicted octanol–water partition coefficient (Wildman–Crippen LogP) is 5.42. The Hall–Kier alpha value is -2.97. The molecule has 3 aromatic rings. The van der Waals surface area contributed by atoms with Crippen LogP contribution >= 0.6 is 11.3 Å². The van der Waals surface area contributed by atoms with E-state index in [1.165, 1.54) is 17.4 Å². The lowest BCUT2D eigenvalue weighted by Crippen LogP contribution is -2.38. The molecule has 4 rings (SSSR count). The van der Waals surface area contributed by atoms with Gasteiger partial charge >= 0.3 is 0 Å².